The number of aromatic nitrogens is 3. The molecule has 0 radical (unpaired) electrons. The van der Waals surface area contributed by atoms with Crippen LogP contribution in [0.4, 0.5) is 0 Å². The topological polar surface area (TPSA) is 112 Å². The maximum Gasteiger partial charge on any atom is 0.251 e. The highest BCUT2D eigenvalue weighted by Gasteiger charge is 2.36. The van der Waals surface area contributed by atoms with E-state index in [9.17, 15) is 9.59 Å². The number of para-hydroxylation sites is 1. The second-order valence-electron chi connectivity index (χ2n) is 9.91. The lowest BCUT2D eigenvalue weighted by atomic mass is 10.0. The summed E-state index contributed by atoms with van der Waals surface area (Å²) in [6.45, 7) is 6.04. The zero-order valence-corrected chi connectivity index (χ0v) is 23.0. The minimum Gasteiger partial charge on any atom is -0.493 e. The molecular weight excluding hydrogens is 498 g/mol. The van der Waals surface area contributed by atoms with E-state index in [4.69, 9.17) is 13.9 Å². The summed E-state index contributed by atoms with van der Waals surface area (Å²) in [6.07, 6.45) is 2.68. The van der Waals surface area contributed by atoms with Gasteiger partial charge in [0.2, 0.25) is 5.91 Å². The van der Waals surface area contributed by atoms with Crippen molar-refractivity contribution in [3.63, 3.8) is 0 Å². The first-order chi connectivity index (χ1) is 18.8. The van der Waals surface area contributed by atoms with Crippen molar-refractivity contribution in [2.75, 3.05) is 20.8 Å². The molecule has 4 aromatic rings. The van der Waals surface area contributed by atoms with Gasteiger partial charge < -0.3 is 24.1 Å². The van der Waals surface area contributed by atoms with E-state index in [1.54, 1.807) is 35.9 Å². The third-order valence-electron chi connectivity index (χ3n) is 6.83. The number of nitrogens with one attached hydrogen (secondary N) is 1. The average Bonchev–Trinajstić information content (AvgIpc) is 3.61. The average molecular weight is 534 g/mol. The highest BCUT2D eigenvalue weighted by Crippen LogP contribution is 2.29. The van der Waals surface area contributed by atoms with Crippen LogP contribution in [0.5, 0.6) is 11.5 Å². The second kappa shape index (κ2) is 12.0. The molecule has 0 spiro atoms. The number of rotatable bonds is 12. The van der Waals surface area contributed by atoms with Crippen molar-refractivity contribution in [2.45, 2.75) is 51.7 Å². The Balaban J connectivity index is 1.68. The van der Waals surface area contributed by atoms with E-state index in [0.29, 0.717) is 35.6 Å². The SMILES string of the molecule is CCC(C)(C)NC(=O)C(c1ccco1)N(CCc1ccc(OC)c(OC)c1)C(=O)Cn1nnc2ccccc21. The summed E-state index contributed by atoms with van der Waals surface area (Å²) < 4.78 is 18.0. The Hall–Kier alpha value is -4.34. The molecule has 206 valence electrons. The molecule has 1 N–H and O–H groups in total. The van der Waals surface area contributed by atoms with Crippen LogP contribution in [-0.4, -0.2) is 58.0 Å². The van der Waals surface area contributed by atoms with Crippen LogP contribution in [0.25, 0.3) is 11.0 Å². The third kappa shape index (κ3) is 6.39. The van der Waals surface area contributed by atoms with Gasteiger partial charge in [0.25, 0.3) is 5.91 Å². The lowest BCUT2D eigenvalue weighted by Gasteiger charge is -2.33. The van der Waals surface area contributed by atoms with Crippen molar-refractivity contribution in [1.29, 1.82) is 0 Å². The van der Waals surface area contributed by atoms with Crippen molar-refractivity contribution in [3.05, 3.63) is 72.2 Å². The minimum atomic E-state index is -0.978. The molecule has 39 heavy (non-hydrogen) atoms. The molecule has 2 aromatic carbocycles. The van der Waals surface area contributed by atoms with E-state index in [1.165, 1.54) is 6.26 Å². The molecule has 0 aliphatic carbocycles. The molecule has 4 rings (SSSR count). The van der Waals surface area contributed by atoms with Crippen molar-refractivity contribution >= 4 is 22.8 Å². The highest BCUT2D eigenvalue weighted by molar-refractivity contribution is 5.89. The van der Waals surface area contributed by atoms with Gasteiger partial charge in [-0.3, -0.25) is 9.59 Å². The molecular formula is C29H35N5O5. The number of carbonyl (C=O) groups is 2. The molecule has 0 fully saturated rings. The van der Waals surface area contributed by atoms with Crippen molar-refractivity contribution in [1.82, 2.24) is 25.2 Å². The summed E-state index contributed by atoms with van der Waals surface area (Å²) in [5, 5.41) is 11.4. The van der Waals surface area contributed by atoms with Crippen LogP contribution in [0.3, 0.4) is 0 Å². The Morgan fingerprint density at radius 2 is 1.85 bits per heavy atom. The smallest absolute Gasteiger partial charge is 0.251 e. The molecule has 0 saturated heterocycles. The Kier molecular flexibility index (Phi) is 8.53. The number of hydrogen-bond donors (Lipinski definition) is 1. The first kappa shape index (κ1) is 27.7. The maximum absolute atomic E-state index is 13.9. The summed E-state index contributed by atoms with van der Waals surface area (Å²) in [7, 11) is 3.16. The van der Waals surface area contributed by atoms with Crippen molar-refractivity contribution in [2.24, 2.45) is 0 Å². The molecule has 1 unspecified atom stereocenters. The lowest BCUT2D eigenvalue weighted by molar-refractivity contribution is -0.142. The van der Waals surface area contributed by atoms with Crippen LogP contribution < -0.4 is 14.8 Å². The molecule has 0 saturated carbocycles. The molecule has 0 bridgehead atoms. The van der Waals surface area contributed by atoms with Crippen LogP contribution in [0.15, 0.2) is 65.3 Å². The number of furan rings is 1. The van der Waals surface area contributed by atoms with Crippen LogP contribution >= 0.6 is 0 Å². The van der Waals surface area contributed by atoms with Crippen molar-refractivity contribution in [3.8, 4) is 11.5 Å². The third-order valence-corrected chi connectivity index (χ3v) is 6.83. The number of fused-ring (bicyclic) bond motifs is 1. The maximum atomic E-state index is 13.9. The van der Waals surface area contributed by atoms with E-state index in [2.05, 4.69) is 15.6 Å². The molecule has 2 heterocycles. The minimum absolute atomic E-state index is 0.0892. The Morgan fingerprint density at radius 3 is 2.54 bits per heavy atom. The first-order valence-electron chi connectivity index (χ1n) is 12.9. The molecule has 10 heteroatoms. The zero-order chi connectivity index (χ0) is 28.0. The van der Waals surface area contributed by atoms with Crippen LogP contribution in [0.1, 0.15) is 44.6 Å². The second-order valence-corrected chi connectivity index (χ2v) is 9.91. The number of amides is 2. The predicted molar refractivity (Wildman–Crippen MR) is 146 cm³/mol. The number of benzene rings is 2. The fourth-order valence-electron chi connectivity index (χ4n) is 4.30. The van der Waals surface area contributed by atoms with Gasteiger partial charge in [0.1, 0.15) is 17.8 Å². The van der Waals surface area contributed by atoms with Gasteiger partial charge >= 0.3 is 0 Å². The molecule has 1 atom stereocenters. The summed E-state index contributed by atoms with van der Waals surface area (Å²) in [6, 6.07) is 15.5. The first-order valence-corrected chi connectivity index (χ1v) is 12.9. The molecule has 0 aliphatic heterocycles. The number of carbonyl (C=O) groups excluding carboxylic acids is 2. The number of methoxy groups -OCH3 is 2. The largest absolute Gasteiger partial charge is 0.493 e. The summed E-state index contributed by atoms with van der Waals surface area (Å²) >= 11 is 0. The van der Waals surface area contributed by atoms with Crippen LogP contribution in [0.2, 0.25) is 0 Å². The summed E-state index contributed by atoms with van der Waals surface area (Å²) in [4.78, 5) is 29.2. The van der Waals surface area contributed by atoms with E-state index in [-0.39, 0.29) is 24.9 Å². The molecule has 10 nitrogen and oxygen atoms in total. The molecule has 2 amide bonds. The van der Waals surface area contributed by atoms with Gasteiger partial charge in [0.05, 0.1) is 26.0 Å². The van der Waals surface area contributed by atoms with E-state index < -0.39 is 11.6 Å². The van der Waals surface area contributed by atoms with Crippen molar-refractivity contribution < 1.29 is 23.5 Å². The van der Waals surface area contributed by atoms with Crippen LogP contribution in [0, 0.1) is 0 Å². The highest BCUT2D eigenvalue weighted by atomic mass is 16.5. The molecule has 0 aliphatic rings. The van der Waals surface area contributed by atoms with E-state index in [0.717, 1.165) is 11.1 Å². The molecule has 2 aromatic heterocycles. The van der Waals surface area contributed by atoms with Gasteiger partial charge in [-0.2, -0.15) is 0 Å². The van der Waals surface area contributed by atoms with Gasteiger partial charge in [0, 0.05) is 12.1 Å². The van der Waals surface area contributed by atoms with Gasteiger partial charge in [-0.05, 0) is 68.7 Å². The fraction of sp³-hybridized carbons (Fsp3) is 0.379. The normalized spacial score (nSPS) is 12.2. The summed E-state index contributed by atoms with van der Waals surface area (Å²) in [5.74, 6) is 0.968. The van der Waals surface area contributed by atoms with Gasteiger partial charge in [0.15, 0.2) is 17.5 Å². The van der Waals surface area contributed by atoms with Gasteiger partial charge in [-0.1, -0.05) is 30.3 Å². The van der Waals surface area contributed by atoms with Crippen LogP contribution in [-0.2, 0) is 22.6 Å². The van der Waals surface area contributed by atoms with Gasteiger partial charge in [-0.15, -0.1) is 5.10 Å². The standard InChI is InChI=1S/C29H35N5O5/c1-6-29(2,3)30-28(36)27(24-12-9-17-39-24)33(16-15-20-13-14-23(37-4)25(18-20)38-5)26(35)19-34-22-11-8-7-10-21(22)31-32-34/h7-14,17-18,27H,6,15-16,19H2,1-5H3,(H,30,36). The quantitative estimate of drug-likeness (QED) is 0.291. The number of hydrogen-bond acceptors (Lipinski definition) is 7. The van der Waals surface area contributed by atoms with E-state index in [1.807, 2.05) is 63.2 Å². The lowest BCUT2D eigenvalue weighted by Crippen LogP contribution is -2.51. The summed E-state index contributed by atoms with van der Waals surface area (Å²) in [5.41, 5.74) is 1.87. The number of nitrogens with zero attached hydrogens (tertiary/aromatic N) is 4. The Morgan fingerprint density at radius 1 is 1.08 bits per heavy atom. The number of ether oxygens (including phenoxy) is 2. The predicted octanol–water partition coefficient (Wildman–Crippen LogP) is 4.16. The van der Waals surface area contributed by atoms with Gasteiger partial charge in [-0.25, -0.2) is 4.68 Å². The zero-order valence-electron chi connectivity index (χ0n) is 23.0. The Labute approximate surface area is 227 Å². The fourth-order valence-corrected chi connectivity index (χ4v) is 4.30. The monoisotopic (exact) mass is 533 g/mol. The van der Waals surface area contributed by atoms with E-state index >= 15 is 0 Å². The Bertz CT molecular complexity index is 1410.